The van der Waals surface area contributed by atoms with Crippen LogP contribution in [0.1, 0.15) is 35.9 Å². The number of pyridine rings is 1. The molecule has 0 saturated carbocycles. The number of anilines is 2. The van der Waals surface area contributed by atoms with E-state index in [1.165, 1.54) is 6.07 Å². The van der Waals surface area contributed by atoms with Crippen LogP contribution in [0.3, 0.4) is 0 Å². The summed E-state index contributed by atoms with van der Waals surface area (Å²) in [7, 11) is 1.59. The summed E-state index contributed by atoms with van der Waals surface area (Å²) in [5.74, 6) is 0.688. The molecule has 22 heavy (non-hydrogen) atoms. The van der Waals surface area contributed by atoms with Crippen molar-refractivity contribution >= 4 is 29.0 Å². The second-order valence-electron chi connectivity index (χ2n) is 4.86. The summed E-state index contributed by atoms with van der Waals surface area (Å²) in [6.45, 7) is 4.02. The molecule has 8 heteroatoms. The minimum atomic E-state index is -0.704. The van der Waals surface area contributed by atoms with Gasteiger partial charge in [0, 0.05) is 6.07 Å². The minimum absolute atomic E-state index is 0.00638. The van der Waals surface area contributed by atoms with Crippen LogP contribution in [0, 0.1) is 0 Å². The number of ether oxygens (including phenoxy) is 1. The number of nitrogens with zero attached hydrogens (tertiary/aromatic N) is 3. The summed E-state index contributed by atoms with van der Waals surface area (Å²) in [5, 5.41) is 10.4. The first kappa shape index (κ1) is 16.0. The molecule has 0 bridgehead atoms. The first-order chi connectivity index (χ1) is 10.4. The molecule has 0 spiro atoms. The molecule has 2 aromatic heterocycles. The Kier molecular flexibility index (Phi) is 4.77. The smallest absolute Gasteiger partial charge is 0.271 e. The lowest BCUT2D eigenvalue weighted by molar-refractivity contribution is 0.0995. The zero-order valence-electron chi connectivity index (χ0n) is 12.4. The Hall–Kier alpha value is -2.41. The number of nitrogens with two attached hydrogens (primary N) is 1. The van der Waals surface area contributed by atoms with Crippen LogP contribution < -0.4 is 15.8 Å². The average Bonchev–Trinajstić information content (AvgIpc) is 2.46. The van der Waals surface area contributed by atoms with Crippen LogP contribution in [0.2, 0.25) is 5.15 Å². The summed E-state index contributed by atoms with van der Waals surface area (Å²) in [6, 6.07) is 4.99. The van der Waals surface area contributed by atoms with E-state index in [4.69, 9.17) is 22.1 Å². The third-order valence-corrected chi connectivity index (χ3v) is 3.10. The number of methoxy groups -OCH3 is 1. The number of amides is 1. The number of nitrogens with one attached hydrogen (secondary N) is 1. The predicted octanol–water partition coefficient (Wildman–Crippen LogP) is 2.50. The van der Waals surface area contributed by atoms with Crippen molar-refractivity contribution in [1.82, 2.24) is 15.2 Å². The average molecular weight is 322 g/mol. The molecule has 0 radical (unpaired) electrons. The molecule has 2 rings (SSSR count). The molecule has 1 amide bonds. The maximum absolute atomic E-state index is 11.4. The van der Waals surface area contributed by atoms with E-state index in [1.54, 1.807) is 19.2 Å². The van der Waals surface area contributed by atoms with E-state index in [0.717, 1.165) is 5.69 Å². The molecule has 0 fully saturated rings. The van der Waals surface area contributed by atoms with Gasteiger partial charge in [0.1, 0.15) is 11.6 Å². The van der Waals surface area contributed by atoms with Gasteiger partial charge >= 0.3 is 0 Å². The largest absolute Gasteiger partial charge is 0.495 e. The number of rotatable bonds is 5. The lowest BCUT2D eigenvalue weighted by Crippen LogP contribution is -2.16. The van der Waals surface area contributed by atoms with Gasteiger partial charge in [-0.25, -0.2) is 4.98 Å². The summed E-state index contributed by atoms with van der Waals surface area (Å²) < 4.78 is 5.29. The van der Waals surface area contributed by atoms with Crippen LogP contribution in [0.25, 0.3) is 0 Å². The lowest BCUT2D eigenvalue weighted by atomic mass is 10.1. The summed E-state index contributed by atoms with van der Waals surface area (Å²) >= 11 is 5.81. The molecule has 0 aliphatic rings. The zero-order valence-corrected chi connectivity index (χ0v) is 13.2. The van der Waals surface area contributed by atoms with E-state index >= 15 is 0 Å². The van der Waals surface area contributed by atoms with Crippen molar-refractivity contribution in [3.8, 4) is 5.75 Å². The molecule has 2 heterocycles. The van der Waals surface area contributed by atoms with Crippen molar-refractivity contribution in [1.29, 1.82) is 0 Å². The van der Waals surface area contributed by atoms with Crippen LogP contribution in [0.5, 0.6) is 5.75 Å². The molecule has 0 aliphatic carbocycles. The molecule has 2 aromatic rings. The van der Waals surface area contributed by atoms with Crippen molar-refractivity contribution in [3.05, 3.63) is 34.7 Å². The van der Waals surface area contributed by atoms with Gasteiger partial charge in [0.25, 0.3) is 5.91 Å². The Balaban J connectivity index is 2.41. The highest BCUT2D eigenvalue weighted by molar-refractivity contribution is 6.29. The highest BCUT2D eigenvalue weighted by Gasteiger charge is 2.15. The highest BCUT2D eigenvalue weighted by atomic mass is 35.5. The van der Waals surface area contributed by atoms with Crippen molar-refractivity contribution in [3.63, 3.8) is 0 Å². The van der Waals surface area contributed by atoms with Gasteiger partial charge in [0.15, 0.2) is 10.8 Å². The minimum Gasteiger partial charge on any atom is -0.495 e. The van der Waals surface area contributed by atoms with Crippen LogP contribution in [0.4, 0.5) is 11.5 Å². The van der Waals surface area contributed by atoms with E-state index in [9.17, 15) is 4.79 Å². The Morgan fingerprint density at radius 2 is 2.09 bits per heavy atom. The molecule has 0 aliphatic heterocycles. The molecule has 0 atom stereocenters. The highest BCUT2D eigenvalue weighted by Crippen LogP contribution is 2.28. The number of primary amides is 1. The van der Waals surface area contributed by atoms with E-state index in [-0.39, 0.29) is 16.8 Å². The number of hydrogen-bond donors (Lipinski definition) is 2. The van der Waals surface area contributed by atoms with Gasteiger partial charge in [0.2, 0.25) is 0 Å². The SMILES string of the molecule is COc1ccc(Nc2cc(Cl)nnc2C(N)=O)nc1C(C)C. The zero-order chi connectivity index (χ0) is 16.3. The Labute approximate surface area is 132 Å². The second-order valence-corrected chi connectivity index (χ2v) is 5.24. The molecule has 7 nitrogen and oxygen atoms in total. The second kappa shape index (κ2) is 6.57. The fourth-order valence-electron chi connectivity index (χ4n) is 1.90. The summed E-state index contributed by atoms with van der Waals surface area (Å²) in [4.78, 5) is 15.9. The molecule has 0 aromatic carbocycles. The third-order valence-electron chi connectivity index (χ3n) is 2.91. The maximum Gasteiger partial charge on any atom is 0.271 e. The van der Waals surface area contributed by atoms with Crippen LogP contribution in [-0.4, -0.2) is 28.2 Å². The summed E-state index contributed by atoms with van der Waals surface area (Å²) in [5.41, 5.74) is 6.41. The van der Waals surface area contributed by atoms with Crippen LogP contribution in [-0.2, 0) is 0 Å². The molecule has 0 unspecified atom stereocenters. The van der Waals surface area contributed by atoms with Gasteiger partial charge in [0.05, 0.1) is 18.5 Å². The van der Waals surface area contributed by atoms with Gasteiger partial charge in [-0.2, -0.15) is 0 Å². The first-order valence-corrected chi connectivity index (χ1v) is 6.95. The Morgan fingerprint density at radius 3 is 2.68 bits per heavy atom. The maximum atomic E-state index is 11.4. The number of halogens is 1. The molecule has 3 N–H and O–H groups in total. The molecular formula is C14H16ClN5O2. The van der Waals surface area contributed by atoms with E-state index in [2.05, 4.69) is 20.5 Å². The molecule has 0 saturated heterocycles. The summed E-state index contributed by atoms with van der Waals surface area (Å²) in [6.07, 6.45) is 0. The van der Waals surface area contributed by atoms with Crippen molar-refractivity contribution in [2.24, 2.45) is 5.73 Å². The van der Waals surface area contributed by atoms with Gasteiger partial charge in [-0.3, -0.25) is 4.79 Å². The van der Waals surface area contributed by atoms with E-state index in [0.29, 0.717) is 17.3 Å². The monoisotopic (exact) mass is 321 g/mol. The third kappa shape index (κ3) is 3.43. The fraction of sp³-hybridized carbons (Fsp3) is 0.286. The topological polar surface area (TPSA) is 103 Å². The number of aromatic nitrogens is 3. The quantitative estimate of drug-likeness (QED) is 0.877. The number of carbonyl (C=O) groups is 1. The fourth-order valence-corrected chi connectivity index (χ4v) is 2.05. The van der Waals surface area contributed by atoms with Gasteiger partial charge < -0.3 is 15.8 Å². The Morgan fingerprint density at radius 1 is 1.36 bits per heavy atom. The van der Waals surface area contributed by atoms with Gasteiger partial charge in [-0.1, -0.05) is 25.4 Å². The predicted molar refractivity (Wildman–Crippen MR) is 83.7 cm³/mol. The van der Waals surface area contributed by atoms with E-state index in [1.807, 2.05) is 13.8 Å². The molecular weight excluding hydrogens is 306 g/mol. The van der Waals surface area contributed by atoms with Crippen molar-refractivity contribution in [2.75, 3.05) is 12.4 Å². The van der Waals surface area contributed by atoms with Crippen LogP contribution >= 0.6 is 11.6 Å². The lowest BCUT2D eigenvalue weighted by Gasteiger charge is -2.14. The molecule has 116 valence electrons. The number of carbonyl (C=O) groups excluding carboxylic acids is 1. The normalized spacial score (nSPS) is 10.6. The van der Waals surface area contributed by atoms with E-state index < -0.39 is 5.91 Å². The van der Waals surface area contributed by atoms with Crippen LogP contribution in [0.15, 0.2) is 18.2 Å². The standard InChI is InChI=1S/C14H16ClN5O2/c1-7(2)12-9(22-3)4-5-11(18-12)17-8-6-10(15)19-20-13(8)14(16)21/h4-7H,1-3H3,(H2,16,21)(H,17,18,19). The van der Waals surface area contributed by atoms with Crippen molar-refractivity contribution < 1.29 is 9.53 Å². The number of hydrogen-bond acceptors (Lipinski definition) is 6. The Bertz CT molecular complexity index is 706. The van der Waals surface area contributed by atoms with Crippen molar-refractivity contribution in [2.45, 2.75) is 19.8 Å². The first-order valence-electron chi connectivity index (χ1n) is 6.57. The van der Waals surface area contributed by atoms with Gasteiger partial charge in [-0.15, -0.1) is 10.2 Å². The van der Waals surface area contributed by atoms with Gasteiger partial charge in [-0.05, 0) is 18.1 Å².